The van der Waals surface area contributed by atoms with Crippen molar-refractivity contribution in [1.29, 1.82) is 0 Å². The number of carbonyl (C=O) groups excluding carboxylic acids is 1. The summed E-state index contributed by atoms with van der Waals surface area (Å²) in [6.45, 7) is 4.88. The summed E-state index contributed by atoms with van der Waals surface area (Å²) < 4.78 is 5.24. The highest BCUT2D eigenvalue weighted by Crippen LogP contribution is 2.24. The van der Waals surface area contributed by atoms with Crippen molar-refractivity contribution < 1.29 is 9.53 Å². The molecule has 0 radical (unpaired) electrons. The van der Waals surface area contributed by atoms with Gasteiger partial charge in [0.2, 0.25) is 5.91 Å². The molecule has 0 heterocycles. The third-order valence-corrected chi connectivity index (χ3v) is 5.02. The predicted octanol–water partition coefficient (Wildman–Crippen LogP) is 4.61. The lowest BCUT2D eigenvalue weighted by Gasteiger charge is -2.29. The molecule has 1 amide bonds. The van der Waals surface area contributed by atoms with E-state index in [9.17, 15) is 4.79 Å². The second-order valence-corrected chi connectivity index (χ2v) is 6.78. The normalized spacial score (nSPS) is 11.8. The zero-order chi connectivity index (χ0) is 17.4. The third-order valence-electron chi connectivity index (χ3n) is 4.04. The average Bonchev–Trinajstić information content (AvgIpc) is 2.64. The largest absolute Gasteiger partial charge is 0.497 e. The molecule has 0 aliphatic rings. The maximum atomic E-state index is 12.7. The minimum Gasteiger partial charge on any atom is -0.497 e. The van der Waals surface area contributed by atoms with Crippen LogP contribution in [0.1, 0.15) is 25.8 Å². The Bertz CT molecular complexity index is 645. The van der Waals surface area contributed by atoms with Crippen LogP contribution in [0.5, 0.6) is 5.75 Å². The second-order valence-electron chi connectivity index (χ2n) is 5.73. The number of hydrogen-bond acceptors (Lipinski definition) is 3. The van der Waals surface area contributed by atoms with Gasteiger partial charge in [-0.25, -0.2) is 0 Å². The second kappa shape index (κ2) is 9.38. The molecule has 2 rings (SSSR count). The van der Waals surface area contributed by atoms with Gasteiger partial charge in [-0.15, -0.1) is 11.8 Å². The van der Waals surface area contributed by atoms with Gasteiger partial charge in [0, 0.05) is 17.5 Å². The zero-order valence-electron chi connectivity index (χ0n) is 14.6. The Morgan fingerprint density at radius 1 is 1.17 bits per heavy atom. The molecule has 128 valence electrons. The summed E-state index contributed by atoms with van der Waals surface area (Å²) in [5.74, 6) is 1.42. The van der Waals surface area contributed by atoms with Gasteiger partial charge in [0.1, 0.15) is 5.75 Å². The smallest absolute Gasteiger partial charge is 0.233 e. The van der Waals surface area contributed by atoms with Gasteiger partial charge in [-0.1, -0.05) is 43.3 Å². The highest BCUT2D eigenvalue weighted by molar-refractivity contribution is 8.00. The van der Waals surface area contributed by atoms with Crippen LogP contribution in [0.15, 0.2) is 59.5 Å². The lowest BCUT2D eigenvalue weighted by Crippen LogP contribution is -2.38. The topological polar surface area (TPSA) is 29.5 Å². The summed E-state index contributed by atoms with van der Waals surface area (Å²) in [5, 5.41) is 0. The highest BCUT2D eigenvalue weighted by Gasteiger charge is 2.19. The molecule has 1 atom stereocenters. The minimum atomic E-state index is 0.168. The molecule has 3 nitrogen and oxygen atoms in total. The fourth-order valence-electron chi connectivity index (χ4n) is 2.41. The molecule has 0 bridgehead atoms. The lowest BCUT2D eigenvalue weighted by molar-refractivity contribution is -0.131. The molecule has 2 aromatic rings. The lowest BCUT2D eigenvalue weighted by atomic mass is 10.1. The Labute approximate surface area is 149 Å². The highest BCUT2D eigenvalue weighted by atomic mass is 32.2. The van der Waals surface area contributed by atoms with Crippen molar-refractivity contribution >= 4 is 17.7 Å². The first-order chi connectivity index (χ1) is 11.6. The Morgan fingerprint density at radius 3 is 2.58 bits per heavy atom. The van der Waals surface area contributed by atoms with E-state index in [-0.39, 0.29) is 11.9 Å². The van der Waals surface area contributed by atoms with Gasteiger partial charge in [0.05, 0.1) is 12.9 Å². The van der Waals surface area contributed by atoms with E-state index in [2.05, 4.69) is 26.0 Å². The summed E-state index contributed by atoms with van der Waals surface area (Å²) in [6, 6.07) is 18.2. The molecular formula is C20H25NO2S. The maximum absolute atomic E-state index is 12.7. The number of amides is 1. The van der Waals surface area contributed by atoms with Gasteiger partial charge in [-0.3, -0.25) is 4.79 Å². The van der Waals surface area contributed by atoms with Crippen LogP contribution in [0.3, 0.4) is 0 Å². The first kappa shape index (κ1) is 18.4. The number of methoxy groups -OCH3 is 1. The summed E-state index contributed by atoms with van der Waals surface area (Å²) >= 11 is 1.55. The van der Waals surface area contributed by atoms with Gasteiger partial charge in [0.15, 0.2) is 0 Å². The van der Waals surface area contributed by atoms with Gasteiger partial charge in [-0.2, -0.15) is 0 Å². The van der Waals surface area contributed by atoms with Crippen LogP contribution in [-0.4, -0.2) is 29.7 Å². The van der Waals surface area contributed by atoms with E-state index in [1.54, 1.807) is 18.9 Å². The van der Waals surface area contributed by atoms with E-state index in [4.69, 9.17) is 4.74 Å². The minimum absolute atomic E-state index is 0.168. The van der Waals surface area contributed by atoms with Crippen molar-refractivity contribution in [3.8, 4) is 5.75 Å². The summed E-state index contributed by atoms with van der Waals surface area (Å²) in [4.78, 5) is 15.8. The fourth-order valence-corrected chi connectivity index (χ4v) is 3.24. The quantitative estimate of drug-likeness (QED) is 0.655. The SMILES string of the molecule is CCC(C)N(Cc1ccccc1)C(=O)CSc1cccc(OC)c1. The van der Waals surface area contributed by atoms with Crippen LogP contribution in [-0.2, 0) is 11.3 Å². The Morgan fingerprint density at radius 2 is 1.92 bits per heavy atom. The molecule has 0 fully saturated rings. The average molecular weight is 343 g/mol. The van der Waals surface area contributed by atoms with Crippen LogP contribution in [0, 0.1) is 0 Å². The summed E-state index contributed by atoms with van der Waals surface area (Å²) in [7, 11) is 1.65. The number of ether oxygens (including phenoxy) is 1. The van der Waals surface area contributed by atoms with Crippen LogP contribution in [0.2, 0.25) is 0 Å². The Hall–Kier alpha value is -1.94. The van der Waals surface area contributed by atoms with Crippen LogP contribution < -0.4 is 4.74 Å². The predicted molar refractivity (Wildman–Crippen MR) is 100 cm³/mol. The number of carbonyl (C=O) groups is 1. The molecule has 0 saturated carbocycles. The number of rotatable bonds is 8. The molecule has 4 heteroatoms. The zero-order valence-corrected chi connectivity index (χ0v) is 15.4. The Balaban J connectivity index is 2.01. The summed E-state index contributed by atoms with van der Waals surface area (Å²) in [5.41, 5.74) is 1.16. The van der Waals surface area contributed by atoms with Crippen molar-refractivity contribution in [3.63, 3.8) is 0 Å². The van der Waals surface area contributed by atoms with Crippen molar-refractivity contribution in [1.82, 2.24) is 4.90 Å². The van der Waals surface area contributed by atoms with Gasteiger partial charge in [-0.05, 0) is 37.1 Å². The van der Waals surface area contributed by atoms with Crippen molar-refractivity contribution in [2.75, 3.05) is 12.9 Å². The number of benzene rings is 2. The molecule has 0 aliphatic carbocycles. The van der Waals surface area contributed by atoms with E-state index in [0.717, 1.165) is 22.6 Å². The third kappa shape index (κ3) is 5.31. The molecule has 0 aromatic heterocycles. The van der Waals surface area contributed by atoms with E-state index in [0.29, 0.717) is 12.3 Å². The maximum Gasteiger partial charge on any atom is 0.233 e. The first-order valence-electron chi connectivity index (χ1n) is 8.24. The first-order valence-corrected chi connectivity index (χ1v) is 9.22. The summed E-state index contributed by atoms with van der Waals surface area (Å²) in [6.07, 6.45) is 0.947. The molecule has 24 heavy (non-hydrogen) atoms. The van der Waals surface area contributed by atoms with Crippen molar-refractivity contribution in [3.05, 3.63) is 60.2 Å². The van der Waals surface area contributed by atoms with Crippen molar-refractivity contribution in [2.45, 2.75) is 37.8 Å². The van der Waals surface area contributed by atoms with Gasteiger partial charge in [0.25, 0.3) is 0 Å². The number of thioether (sulfide) groups is 1. The molecule has 0 aliphatic heterocycles. The van der Waals surface area contributed by atoms with Crippen LogP contribution >= 0.6 is 11.8 Å². The van der Waals surface area contributed by atoms with Gasteiger partial charge >= 0.3 is 0 Å². The van der Waals surface area contributed by atoms with E-state index < -0.39 is 0 Å². The molecule has 0 N–H and O–H groups in total. The Kier molecular flexibility index (Phi) is 7.19. The van der Waals surface area contributed by atoms with E-state index in [1.165, 1.54) is 0 Å². The van der Waals surface area contributed by atoms with Crippen molar-refractivity contribution in [2.24, 2.45) is 0 Å². The fraction of sp³-hybridized carbons (Fsp3) is 0.350. The molecule has 0 spiro atoms. The number of hydrogen-bond donors (Lipinski definition) is 0. The van der Waals surface area contributed by atoms with E-state index >= 15 is 0 Å². The molecule has 2 aromatic carbocycles. The molecule has 1 unspecified atom stereocenters. The monoisotopic (exact) mass is 343 g/mol. The number of nitrogens with zero attached hydrogens (tertiary/aromatic N) is 1. The van der Waals surface area contributed by atoms with Gasteiger partial charge < -0.3 is 9.64 Å². The molecule has 0 saturated heterocycles. The molecular weight excluding hydrogens is 318 g/mol. The van der Waals surface area contributed by atoms with Crippen LogP contribution in [0.4, 0.5) is 0 Å². The van der Waals surface area contributed by atoms with Crippen LogP contribution in [0.25, 0.3) is 0 Å². The standard InChI is InChI=1S/C20H25NO2S/c1-4-16(2)21(14-17-9-6-5-7-10-17)20(22)15-24-19-12-8-11-18(13-19)23-3/h5-13,16H,4,14-15H2,1-3H3. The van der Waals surface area contributed by atoms with E-state index in [1.807, 2.05) is 47.4 Å².